The molecular formula is C30H60O2. The van der Waals surface area contributed by atoms with Crippen LogP contribution in [0.4, 0.5) is 0 Å². The molecule has 1 N–H and O–H groups in total. The van der Waals surface area contributed by atoms with Gasteiger partial charge in [0.15, 0.2) is 0 Å². The Morgan fingerprint density at radius 1 is 0.469 bits per heavy atom. The maximum atomic E-state index is 10.7. The van der Waals surface area contributed by atoms with Gasteiger partial charge in [0.2, 0.25) is 0 Å². The van der Waals surface area contributed by atoms with Crippen LogP contribution in [0.2, 0.25) is 0 Å². The van der Waals surface area contributed by atoms with E-state index >= 15 is 0 Å². The van der Waals surface area contributed by atoms with Crippen molar-refractivity contribution in [3.63, 3.8) is 0 Å². The second-order valence-corrected chi connectivity index (χ2v) is 10.4. The van der Waals surface area contributed by atoms with Gasteiger partial charge in [-0.2, -0.15) is 0 Å². The highest BCUT2D eigenvalue weighted by atomic mass is 16.4. The molecule has 0 bridgehead atoms. The standard InChI is InChI=1S/C30H60O2/c1-3-5-7-9-10-11-12-13-14-15-16-17-19-22-26-29(25-21-18-8-6-4-2)27-23-20-24-28-30(31)32/h29H,3-28H2,1-2H3,(H,31,32). The average molecular weight is 453 g/mol. The van der Waals surface area contributed by atoms with Crippen molar-refractivity contribution in [1.29, 1.82) is 0 Å². The third-order valence-electron chi connectivity index (χ3n) is 7.18. The summed E-state index contributed by atoms with van der Waals surface area (Å²) >= 11 is 0. The molecule has 32 heavy (non-hydrogen) atoms. The molecule has 0 amide bonds. The van der Waals surface area contributed by atoms with Crippen molar-refractivity contribution in [3.05, 3.63) is 0 Å². The van der Waals surface area contributed by atoms with Crippen molar-refractivity contribution in [1.82, 2.24) is 0 Å². The highest BCUT2D eigenvalue weighted by Gasteiger charge is 2.09. The molecule has 0 saturated carbocycles. The van der Waals surface area contributed by atoms with E-state index in [0.29, 0.717) is 6.42 Å². The molecule has 2 heteroatoms. The Labute approximate surface area is 202 Å². The molecule has 1 unspecified atom stereocenters. The lowest BCUT2D eigenvalue weighted by molar-refractivity contribution is -0.137. The normalized spacial score (nSPS) is 12.3. The lowest BCUT2D eigenvalue weighted by atomic mass is 9.89. The minimum Gasteiger partial charge on any atom is -0.481 e. The summed E-state index contributed by atoms with van der Waals surface area (Å²) in [4.78, 5) is 10.7. The molecule has 0 aromatic heterocycles. The smallest absolute Gasteiger partial charge is 0.303 e. The summed E-state index contributed by atoms with van der Waals surface area (Å²) in [5, 5.41) is 8.80. The second-order valence-electron chi connectivity index (χ2n) is 10.4. The Morgan fingerprint density at radius 2 is 0.750 bits per heavy atom. The van der Waals surface area contributed by atoms with E-state index < -0.39 is 5.97 Å². The van der Waals surface area contributed by atoms with Gasteiger partial charge in [-0.3, -0.25) is 4.79 Å². The molecule has 0 aliphatic carbocycles. The maximum Gasteiger partial charge on any atom is 0.303 e. The highest BCUT2D eigenvalue weighted by Crippen LogP contribution is 2.24. The summed E-state index contributed by atoms with van der Waals surface area (Å²) in [6, 6.07) is 0. The van der Waals surface area contributed by atoms with Gasteiger partial charge in [0.1, 0.15) is 0 Å². The molecule has 0 rings (SSSR count). The van der Waals surface area contributed by atoms with E-state index in [9.17, 15) is 4.79 Å². The third-order valence-corrected chi connectivity index (χ3v) is 7.18. The Morgan fingerprint density at radius 3 is 1.06 bits per heavy atom. The van der Waals surface area contributed by atoms with Crippen LogP contribution in [0.3, 0.4) is 0 Å². The first-order valence-corrected chi connectivity index (χ1v) is 14.9. The summed E-state index contributed by atoms with van der Waals surface area (Å²) in [5.74, 6) is 0.249. The van der Waals surface area contributed by atoms with Crippen molar-refractivity contribution in [2.24, 2.45) is 5.92 Å². The van der Waals surface area contributed by atoms with E-state index in [1.165, 1.54) is 148 Å². The molecule has 2 nitrogen and oxygen atoms in total. The van der Waals surface area contributed by atoms with E-state index in [-0.39, 0.29) is 0 Å². The minimum absolute atomic E-state index is 0.348. The molecule has 0 spiro atoms. The van der Waals surface area contributed by atoms with Gasteiger partial charge in [-0.25, -0.2) is 0 Å². The van der Waals surface area contributed by atoms with Crippen molar-refractivity contribution in [2.45, 2.75) is 181 Å². The van der Waals surface area contributed by atoms with Gasteiger partial charge in [-0.1, -0.05) is 168 Å². The quantitative estimate of drug-likeness (QED) is 0.126. The molecule has 0 fully saturated rings. The fourth-order valence-corrected chi connectivity index (χ4v) is 4.98. The molecule has 0 heterocycles. The van der Waals surface area contributed by atoms with Gasteiger partial charge < -0.3 is 5.11 Å². The van der Waals surface area contributed by atoms with Crippen LogP contribution >= 0.6 is 0 Å². The van der Waals surface area contributed by atoms with Gasteiger partial charge in [0.05, 0.1) is 0 Å². The lowest BCUT2D eigenvalue weighted by Gasteiger charge is -2.17. The number of aliphatic carboxylic acids is 1. The van der Waals surface area contributed by atoms with E-state index in [2.05, 4.69) is 13.8 Å². The van der Waals surface area contributed by atoms with Crippen molar-refractivity contribution in [2.75, 3.05) is 0 Å². The summed E-state index contributed by atoms with van der Waals surface area (Å²) in [6.07, 6.45) is 34.7. The predicted molar refractivity (Wildman–Crippen MR) is 143 cm³/mol. The van der Waals surface area contributed by atoms with Crippen LogP contribution in [0.15, 0.2) is 0 Å². The van der Waals surface area contributed by atoms with Crippen molar-refractivity contribution >= 4 is 5.97 Å². The predicted octanol–water partition coefficient (Wildman–Crippen LogP) is 10.9. The van der Waals surface area contributed by atoms with Gasteiger partial charge in [-0.15, -0.1) is 0 Å². The Hall–Kier alpha value is -0.530. The summed E-state index contributed by atoms with van der Waals surface area (Å²) in [5.41, 5.74) is 0. The van der Waals surface area contributed by atoms with Gasteiger partial charge in [0.25, 0.3) is 0 Å². The van der Waals surface area contributed by atoms with Crippen LogP contribution in [0.5, 0.6) is 0 Å². The largest absolute Gasteiger partial charge is 0.481 e. The van der Waals surface area contributed by atoms with Gasteiger partial charge in [-0.05, 0) is 12.3 Å². The zero-order chi connectivity index (χ0) is 23.5. The number of hydrogen-bond acceptors (Lipinski definition) is 1. The fraction of sp³-hybridized carbons (Fsp3) is 0.967. The molecule has 0 aliphatic rings. The van der Waals surface area contributed by atoms with Crippen LogP contribution in [0, 0.1) is 5.92 Å². The first-order chi connectivity index (χ1) is 15.7. The first kappa shape index (κ1) is 31.5. The fourth-order valence-electron chi connectivity index (χ4n) is 4.98. The highest BCUT2D eigenvalue weighted by molar-refractivity contribution is 5.66. The number of rotatable bonds is 27. The van der Waals surface area contributed by atoms with E-state index in [0.717, 1.165) is 18.8 Å². The number of carbonyl (C=O) groups is 1. The lowest BCUT2D eigenvalue weighted by Crippen LogP contribution is -2.02. The second kappa shape index (κ2) is 26.7. The SMILES string of the molecule is CCCCCCCCCCCCCCCCC(CCCCCCC)CCCCCC(=O)O. The van der Waals surface area contributed by atoms with Crippen LogP contribution in [-0.2, 0) is 4.79 Å². The number of hydrogen-bond donors (Lipinski definition) is 1. The Bertz CT molecular complexity index is 366. The summed E-state index contributed by atoms with van der Waals surface area (Å²) < 4.78 is 0. The van der Waals surface area contributed by atoms with Crippen LogP contribution in [-0.4, -0.2) is 11.1 Å². The van der Waals surface area contributed by atoms with Gasteiger partial charge in [0, 0.05) is 6.42 Å². The maximum absolute atomic E-state index is 10.7. The molecule has 0 aromatic carbocycles. The van der Waals surface area contributed by atoms with Gasteiger partial charge >= 0.3 is 5.97 Å². The summed E-state index contributed by atoms with van der Waals surface area (Å²) in [6.45, 7) is 4.58. The van der Waals surface area contributed by atoms with Crippen LogP contribution < -0.4 is 0 Å². The molecular weight excluding hydrogens is 392 g/mol. The zero-order valence-electron chi connectivity index (χ0n) is 22.3. The topological polar surface area (TPSA) is 37.3 Å². The minimum atomic E-state index is -0.639. The van der Waals surface area contributed by atoms with E-state index in [4.69, 9.17) is 5.11 Å². The van der Waals surface area contributed by atoms with Crippen LogP contribution in [0.25, 0.3) is 0 Å². The van der Waals surface area contributed by atoms with Crippen molar-refractivity contribution in [3.8, 4) is 0 Å². The third kappa shape index (κ3) is 25.7. The van der Waals surface area contributed by atoms with Crippen molar-refractivity contribution < 1.29 is 9.90 Å². The number of unbranched alkanes of at least 4 members (excludes halogenated alkanes) is 19. The molecule has 0 radical (unpaired) electrons. The average Bonchev–Trinajstić information content (AvgIpc) is 2.78. The molecule has 192 valence electrons. The zero-order valence-corrected chi connectivity index (χ0v) is 22.3. The van der Waals surface area contributed by atoms with E-state index in [1.54, 1.807) is 0 Å². The van der Waals surface area contributed by atoms with Crippen LogP contribution in [0.1, 0.15) is 181 Å². The molecule has 1 atom stereocenters. The Kier molecular flexibility index (Phi) is 26.3. The first-order valence-electron chi connectivity index (χ1n) is 14.9. The molecule has 0 saturated heterocycles. The number of carboxylic acid groups (broad SMARTS) is 1. The molecule has 0 aromatic rings. The summed E-state index contributed by atoms with van der Waals surface area (Å²) in [7, 11) is 0. The molecule has 0 aliphatic heterocycles. The monoisotopic (exact) mass is 452 g/mol. The Balaban J connectivity index is 3.66. The number of carboxylic acids is 1. The van der Waals surface area contributed by atoms with E-state index in [1.807, 2.05) is 0 Å².